The van der Waals surface area contributed by atoms with Crippen molar-refractivity contribution in [2.24, 2.45) is 0 Å². The maximum Gasteiger partial charge on any atom is 0.303 e. The van der Waals surface area contributed by atoms with Crippen molar-refractivity contribution in [1.82, 2.24) is 0 Å². The van der Waals surface area contributed by atoms with Gasteiger partial charge in [-0.3, -0.25) is 4.79 Å². The van der Waals surface area contributed by atoms with Gasteiger partial charge in [0.1, 0.15) is 11.2 Å². The summed E-state index contributed by atoms with van der Waals surface area (Å²) in [6.07, 6.45) is 3.68. The van der Waals surface area contributed by atoms with Crippen molar-refractivity contribution < 1.29 is 18.7 Å². The first-order valence-corrected chi connectivity index (χ1v) is 6.24. The predicted molar refractivity (Wildman–Crippen MR) is 69.6 cm³/mol. The van der Waals surface area contributed by atoms with Crippen LogP contribution in [0.2, 0.25) is 0 Å². The van der Waals surface area contributed by atoms with Gasteiger partial charge in [-0.2, -0.15) is 0 Å². The van der Waals surface area contributed by atoms with E-state index in [1.54, 1.807) is 12.5 Å². The monoisotopic (exact) mass is 308 g/mol. The molecule has 4 nitrogen and oxygen atoms in total. The summed E-state index contributed by atoms with van der Waals surface area (Å²) in [5, 5.41) is 10.6. The molecule has 0 fully saturated rings. The van der Waals surface area contributed by atoms with Crippen LogP contribution in [0.5, 0.6) is 0 Å². The lowest BCUT2D eigenvalue weighted by atomic mass is 10.0. The van der Waals surface area contributed by atoms with Crippen LogP contribution in [-0.2, 0) is 11.2 Å². The van der Waals surface area contributed by atoms with Gasteiger partial charge in [-0.1, -0.05) is 0 Å². The quantitative estimate of drug-likeness (QED) is 0.795. The topological polar surface area (TPSA) is 63.6 Å². The molecule has 0 amide bonds. The van der Waals surface area contributed by atoms with Gasteiger partial charge in [0, 0.05) is 22.8 Å². The first-order valence-electron chi connectivity index (χ1n) is 5.45. The highest BCUT2D eigenvalue weighted by molar-refractivity contribution is 9.10. The van der Waals surface area contributed by atoms with Crippen molar-refractivity contribution in [3.8, 4) is 0 Å². The number of carboxylic acid groups (broad SMARTS) is 1. The molecule has 1 aromatic carbocycles. The van der Waals surface area contributed by atoms with E-state index in [1.165, 1.54) is 0 Å². The molecule has 0 bridgehead atoms. The molecular weight excluding hydrogens is 300 g/mol. The maximum atomic E-state index is 10.7. The number of benzene rings is 1. The Kier molecular flexibility index (Phi) is 2.63. The van der Waals surface area contributed by atoms with Gasteiger partial charge < -0.3 is 13.9 Å². The summed E-state index contributed by atoms with van der Waals surface area (Å²) in [5.41, 5.74) is 2.32. The standard InChI is InChI=1S/C13H9BrO4/c14-11-9-4-6-17-12(9)7(1-2-10(15)16)8-3-5-18-13(8)11/h3-6H,1-2H2,(H,15,16). The Morgan fingerprint density at radius 1 is 1.17 bits per heavy atom. The van der Waals surface area contributed by atoms with Gasteiger partial charge in [-0.25, -0.2) is 0 Å². The van der Waals surface area contributed by atoms with Gasteiger partial charge in [0.25, 0.3) is 0 Å². The maximum absolute atomic E-state index is 10.7. The summed E-state index contributed by atoms with van der Waals surface area (Å²) in [6.45, 7) is 0. The van der Waals surface area contributed by atoms with Crippen molar-refractivity contribution in [3.05, 3.63) is 34.7 Å². The van der Waals surface area contributed by atoms with Crippen LogP contribution in [0.1, 0.15) is 12.0 Å². The smallest absolute Gasteiger partial charge is 0.303 e. The van der Waals surface area contributed by atoms with Gasteiger partial charge >= 0.3 is 5.97 Å². The summed E-state index contributed by atoms with van der Waals surface area (Å²) in [7, 11) is 0. The van der Waals surface area contributed by atoms with E-state index in [0.29, 0.717) is 6.42 Å². The molecule has 18 heavy (non-hydrogen) atoms. The number of halogens is 1. The molecule has 0 saturated carbocycles. The van der Waals surface area contributed by atoms with Gasteiger partial charge in [-0.05, 0) is 34.5 Å². The molecule has 3 rings (SSSR count). The van der Waals surface area contributed by atoms with Gasteiger partial charge in [-0.15, -0.1) is 0 Å². The highest BCUT2D eigenvalue weighted by Gasteiger charge is 2.17. The van der Waals surface area contributed by atoms with Gasteiger partial charge in [0.15, 0.2) is 0 Å². The van der Waals surface area contributed by atoms with Crippen LogP contribution in [0.25, 0.3) is 21.9 Å². The Bertz CT molecular complexity index is 686. The molecule has 5 heteroatoms. The Labute approximate surface area is 110 Å². The molecule has 2 heterocycles. The van der Waals surface area contributed by atoms with Crippen LogP contribution < -0.4 is 0 Å². The van der Waals surface area contributed by atoms with Crippen LogP contribution in [0.3, 0.4) is 0 Å². The van der Waals surface area contributed by atoms with E-state index < -0.39 is 5.97 Å². The molecule has 0 aliphatic heterocycles. The lowest BCUT2D eigenvalue weighted by Gasteiger charge is -2.04. The molecule has 0 spiro atoms. The van der Waals surface area contributed by atoms with E-state index in [4.69, 9.17) is 13.9 Å². The van der Waals surface area contributed by atoms with Crippen molar-refractivity contribution in [2.45, 2.75) is 12.8 Å². The van der Waals surface area contributed by atoms with Crippen molar-refractivity contribution >= 4 is 43.8 Å². The number of carbonyl (C=O) groups is 1. The minimum Gasteiger partial charge on any atom is -0.481 e. The molecule has 0 aliphatic rings. The van der Waals surface area contributed by atoms with Crippen LogP contribution in [-0.4, -0.2) is 11.1 Å². The SMILES string of the molecule is O=C(O)CCc1c2ccoc2c(Br)c2ccoc12. The summed E-state index contributed by atoms with van der Waals surface area (Å²) in [4.78, 5) is 10.7. The fraction of sp³-hybridized carbons (Fsp3) is 0.154. The minimum absolute atomic E-state index is 0.0672. The lowest BCUT2D eigenvalue weighted by molar-refractivity contribution is -0.136. The molecular formula is C13H9BrO4. The van der Waals surface area contributed by atoms with Gasteiger partial charge in [0.05, 0.1) is 17.0 Å². The van der Waals surface area contributed by atoms with E-state index in [2.05, 4.69) is 15.9 Å². The molecule has 2 aromatic heterocycles. The van der Waals surface area contributed by atoms with E-state index in [1.807, 2.05) is 12.1 Å². The Morgan fingerprint density at radius 3 is 2.56 bits per heavy atom. The molecule has 0 unspecified atom stereocenters. The summed E-state index contributed by atoms with van der Waals surface area (Å²) < 4.78 is 11.8. The third-order valence-electron chi connectivity index (χ3n) is 2.95. The Balaban J connectivity index is 2.29. The number of hydrogen-bond acceptors (Lipinski definition) is 3. The number of hydrogen-bond donors (Lipinski definition) is 1. The second-order valence-corrected chi connectivity index (χ2v) is 4.81. The van der Waals surface area contributed by atoms with Crippen LogP contribution in [0.4, 0.5) is 0 Å². The first-order chi connectivity index (χ1) is 8.68. The fourth-order valence-corrected chi connectivity index (χ4v) is 2.78. The number of carboxylic acids is 1. The highest BCUT2D eigenvalue weighted by atomic mass is 79.9. The van der Waals surface area contributed by atoms with Crippen molar-refractivity contribution in [2.75, 3.05) is 0 Å². The summed E-state index contributed by atoms with van der Waals surface area (Å²) in [6, 6.07) is 3.67. The summed E-state index contributed by atoms with van der Waals surface area (Å²) >= 11 is 3.48. The van der Waals surface area contributed by atoms with Gasteiger partial charge in [0.2, 0.25) is 0 Å². The van der Waals surface area contributed by atoms with E-state index in [-0.39, 0.29) is 6.42 Å². The molecule has 92 valence electrons. The average molecular weight is 309 g/mol. The van der Waals surface area contributed by atoms with E-state index in [0.717, 1.165) is 32.0 Å². The largest absolute Gasteiger partial charge is 0.481 e. The van der Waals surface area contributed by atoms with Crippen LogP contribution in [0.15, 0.2) is 38.0 Å². The van der Waals surface area contributed by atoms with Crippen molar-refractivity contribution in [3.63, 3.8) is 0 Å². The second kappa shape index (κ2) is 4.17. The van der Waals surface area contributed by atoms with Crippen molar-refractivity contribution in [1.29, 1.82) is 0 Å². The number of furan rings is 2. The highest BCUT2D eigenvalue weighted by Crippen LogP contribution is 2.38. The number of aryl methyl sites for hydroxylation is 1. The summed E-state index contributed by atoms with van der Waals surface area (Å²) in [5.74, 6) is -0.825. The van der Waals surface area contributed by atoms with E-state index in [9.17, 15) is 4.79 Å². The third-order valence-corrected chi connectivity index (χ3v) is 3.74. The fourth-order valence-electron chi connectivity index (χ4n) is 2.16. The molecule has 0 saturated heterocycles. The third kappa shape index (κ3) is 1.62. The van der Waals surface area contributed by atoms with Crippen LogP contribution in [0, 0.1) is 0 Å². The zero-order valence-corrected chi connectivity index (χ0v) is 10.9. The molecule has 0 radical (unpaired) electrons. The first kappa shape index (κ1) is 11.3. The minimum atomic E-state index is -0.825. The van der Waals surface area contributed by atoms with E-state index >= 15 is 0 Å². The zero-order chi connectivity index (χ0) is 12.7. The second-order valence-electron chi connectivity index (χ2n) is 4.01. The Morgan fingerprint density at radius 2 is 1.83 bits per heavy atom. The predicted octanol–water partition coefficient (Wildman–Crippen LogP) is 3.96. The normalized spacial score (nSPS) is 11.4. The Hall–Kier alpha value is -1.75. The average Bonchev–Trinajstić information content (AvgIpc) is 2.95. The molecule has 0 atom stereocenters. The van der Waals surface area contributed by atoms with Crippen LogP contribution >= 0.6 is 15.9 Å². The number of aliphatic carboxylic acids is 1. The lowest BCUT2D eigenvalue weighted by Crippen LogP contribution is -1.98. The number of rotatable bonds is 3. The zero-order valence-electron chi connectivity index (χ0n) is 9.27. The number of fused-ring (bicyclic) bond motifs is 2. The molecule has 3 aromatic rings. The molecule has 1 N–H and O–H groups in total. The molecule has 0 aliphatic carbocycles.